The van der Waals surface area contributed by atoms with E-state index in [1.807, 2.05) is 0 Å². The molecule has 0 saturated heterocycles. The molecule has 0 saturated carbocycles. The van der Waals surface area contributed by atoms with Crippen molar-refractivity contribution in [1.82, 2.24) is 0 Å². The van der Waals surface area contributed by atoms with Gasteiger partial charge in [0.25, 0.3) is 0 Å². The summed E-state index contributed by atoms with van der Waals surface area (Å²) in [6, 6.07) is 3.20. The van der Waals surface area contributed by atoms with Gasteiger partial charge >= 0.3 is 0 Å². The van der Waals surface area contributed by atoms with Gasteiger partial charge in [0.05, 0.1) is 15.7 Å². The second-order valence-electron chi connectivity index (χ2n) is 2.03. The maximum Gasteiger partial charge on any atom is 0.169 e. The Morgan fingerprint density at radius 1 is 1.55 bits per heavy atom. The van der Waals surface area contributed by atoms with Crippen molar-refractivity contribution in [2.24, 2.45) is 0 Å². The van der Waals surface area contributed by atoms with Crippen LogP contribution in [0.1, 0.15) is 5.56 Å². The summed E-state index contributed by atoms with van der Waals surface area (Å²) in [5.41, 5.74) is 5.95. The number of halogens is 2. The van der Waals surface area contributed by atoms with Gasteiger partial charge in [0.1, 0.15) is 0 Å². The molecule has 0 aliphatic heterocycles. The summed E-state index contributed by atoms with van der Waals surface area (Å²) >= 11 is 3.00. The maximum absolute atomic E-state index is 12.9. The van der Waals surface area contributed by atoms with E-state index in [1.165, 1.54) is 6.21 Å². The van der Waals surface area contributed by atoms with E-state index < -0.39 is 5.82 Å². The van der Waals surface area contributed by atoms with Gasteiger partial charge in [0, 0.05) is 0 Å². The first-order chi connectivity index (χ1) is 5.16. The van der Waals surface area contributed by atoms with E-state index in [9.17, 15) is 4.39 Å². The largest absolute Gasteiger partial charge is 0.396 e. The highest BCUT2D eigenvalue weighted by Gasteiger charge is 2.07. The first-order valence-corrected chi connectivity index (χ1v) is 3.74. The Balaban J connectivity index is 3.36. The molecule has 1 rings (SSSR count). The lowest BCUT2D eigenvalue weighted by Crippen LogP contribution is -2.30. The highest BCUT2D eigenvalue weighted by atomic mass is 79.9. The smallest absolute Gasteiger partial charge is 0.169 e. The Morgan fingerprint density at radius 3 is 2.73 bits per heavy atom. The van der Waals surface area contributed by atoms with Gasteiger partial charge in [-0.3, -0.25) is 5.41 Å². The van der Waals surface area contributed by atoms with Crippen LogP contribution in [0.25, 0.3) is 0 Å². The number of hydrogen-bond acceptors (Lipinski definition) is 1. The van der Waals surface area contributed by atoms with E-state index in [4.69, 9.17) is 11.1 Å². The van der Waals surface area contributed by atoms with E-state index in [-0.39, 0.29) is 5.69 Å². The predicted octanol–water partition coefficient (Wildman–Crippen LogP) is 0.348. The number of anilines is 1. The highest BCUT2D eigenvalue weighted by Crippen LogP contribution is 2.22. The summed E-state index contributed by atoms with van der Waals surface area (Å²) in [7, 11) is 0. The van der Waals surface area contributed by atoms with E-state index in [0.29, 0.717) is 10.0 Å². The zero-order valence-corrected chi connectivity index (χ0v) is 7.23. The Hall–Kier alpha value is -0.900. The van der Waals surface area contributed by atoms with Crippen LogP contribution in [-0.2, 0) is 0 Å². The fourth-order valence-electron chi connectivity index (χ4n) is 0.727. The van der Waals surface area contributed by atoms with Gasteiger partial charge in [0.2, 0.25) is 0 Å². The lowest BCUT2D eigenvalue weighted by molar-refractivity contribution is -0.104. The van der Waals surface area contributed by atoms with Crippen LogP contribution in [0.5, 0.6) is 0 Å². The Bertz CT molecular complexity index is 299. The molecule has 0 amide bonds. The monoisotopic (exact) mass is 217 g/mol. The number of benzene rings is 1. The molecule has 0 radical (unpaired) electrons. The average molecular weight is 218 g/mol. The quantitative estimate of drug-likeness (QED) is 0.518. The normalized spacial score (nSPS) is 9.64. The van der Waals surface area contributed by atoms with Gasteiger partial charge in [-0.05, 0) is 28.1 Å². The fourth-order valence-corrected chi connectivity index (χ4v) is 1.07. The van der Waals surface area contributed by atoms with E-state index in [1.54, 1.807) is 12.1 Å². The van der Waals surface area contributed by atoms with Gasteiger partial charge < -0.3 is 5.73 Å². The summed E-state index contributed by atoms with van der Waals surface area (Å²) in [5, 5.41) is 5.18. The molecule has 0 aliphatic rings. The molecule has 0 bridgehead atoms. The average Bonchev–Trinajstić information content (AvgIpc) is 2.01. The molecule has 0 aromatic heterocycles. The third-order valence-corrected chi connectivity index (χ3v) is 1.96. The number of rotatable bonds is 1. The molecule has 4 N–H and O–H groups in total. The van der Waals surface area contributed by atoms with Crippen LogP contribution < -0.4 is 11.1 Å². The van der Waals surface area contributed by atoms with Gasteiger partial charge in [-0.2, -0.15) is 0 Å². The minimum Gasteiger partial charge on any atom is -0.396 e. The molecule has 2 nitrogen and oxygen atoms in total. The Kier molecular flexibility index (Phi) is 2.24. The van der Waals surface area contributed by atoms with Crippen LogP contribution in [0.2, 0.25) is 0 Å². The van der Waals surface area contributed by atoms with Crippen LogP contribution >= 0.6 is 15.9 Å². The molecule has 0 heterocycles. The number of hydrogen-bond donors (Lipinski definition) is 2. The molecule has 4 heteroatoms. The second-order valence-corrected chi connectivity index (χ2v) is 2.89. The van der Waals surface area contributed by atoms with Gasteiger partial charge in [-0.1, -0.05) is 0 Å². The molecule has 0 atom stereocenters. The van der Waals surface area contributed by atoms with Crippen molar-refractivity contribution in [2.75, 3.05) is 5.73 Å². The minimum absolute atomic E-state index is 0.0712. The number of nitrogen functional groups attached to an aromatic ring is 1. The molecule has 1 aromatic carbocycles. The zero-order valence-electron chi connectivity index (χ0n) is 5.64. The molecule has 0 fully saturated rings. The Morgan fingerprint density at radius 2 is 2.18 bits per heavy atom. The van der Waals surface area contributed by atoms with Crippen LogP contribution in [0.15, 0.2) is 16.6 Å². The summed E-state index contributed by atoms with van der Waals surface area (Å²) in [5.74, 6) is -0.468. The van der Waals surface area contributed by atoms with Crippen LogP contribution in [0.4, 0.5) is 10.1 Å². The molecule has 58 valence electrons. The standard InChI is InChI=1S/C7H6BrFN2/c8-5-2-1-4(3-10)7(11)6(5)9/h1-3,10H,11H2/p+1. The molecular weight excluding hydrogens is 211 g/mol. The highest BCUT2D eigenvalue weighted by molar-refractivity contribution is 9.10. The van der Waals surface area contributed by atoms with Gasteiger partial charge in [-0.15, -0.1) is 0 Å². The van der Waals surface area contributed by atoms with Crippen molar-refractivity contribution in [3.63, 3.8) is 0 Å². The summed E-state index contributed by atoms with van der Waals surface area (Å²) < 4.78 is 13.3. The second kappa shape index (κ2) is 3.00. The summed E-state index contributed by atoms with van der Waals surface area (Å²) in [6.45, 7) is 0. The molecule has 0 aliphatic carbocycles. The summed E-state index contributed by atoms with van der Waals surface area (Å²) in [6.07, 6.45) is 1.27. The molecule has 11 heavy (non-hydrogen) atoms. The van der Waals surface area contributed by atoms with E-state index in [2.05, 4.69) is 15.9 Å². The third kappa shape index (κ3) is 1.40. The van der Waals surface area contributed by atoms with Gasteiger partial charge in [-0.25, -0.2) is 4.39 Å². The van der Waals surface area contributed by atoms with Crippen LogP contribution in [-0.4, -0.2) is 6.21 Å². The van der Waals surface area contributed by atoms with Crippen LogP contribution in [0.3, 0.4) is 0 Å². The third-order valence-electron chi connectivity index (χ3n) is 1.35. The summed E-state index contributed by atoms with van der Waals surface area (Å²) in [4.78, 5) is 0. The van der Waals surface area contributed by atoms with Crippen molar-refractivity contribution < 1.29 is 9.80 Å². The molecule has 0 spiro atoms. The maximum atomic E-state index is 12.9. The topological polar surface area (TPSA) is 51.6 Å². The van der Waals surface area contributed by atoms with Gasteiger partial charge in [0.15, 0.2) is 12.0 Å². The van der Waals surface area contributed by atoms with E-state index >= 15 is 0 Å². The van der Waals surface area contributed by atoms with Crippen molar-refractivity contribution >= 4 is 27.8 Å². The zero-order chi connectivity index (χ0) is 8.43. The number of nitrogens with two attached hydrogens (primary N) is 2. The molecule has 1 aromatic rings. The SMILES string of the molecule is Nc1c(C=[NH2+])ccc(Br)c1F. The Labute approximate surface area is 71.9 Å². The fraction of sp³-hybridized carbons (Fsp3) is 0. The lowest BCUT2D eigenvalue weighted by atomic mass is 10.2. The molecular formula is C7H7BrFN2+. The van der Waals surface area contributed by atoms with Crippen molar-refractivity contribution in [1.29, 1.82) is 0 Å². The first kappa shape index (κ1) is 8.20. The van der Waals surface area contributed by atoms with Crippen LogP contribution in [0, 0.1) is 5.82 Å². The van der Waals surface area contributed by atoms with Crippen molar-refractivity contribution in [2.45, 2.75) is 0 Å². The lowest BCUT2D eigenvalue weighted by Gasteiger charge is -1.99. The van der Waals surface area contributed by atoms with Crippen molar-refractivity contribution in [3.8, 4) is 0 Å². The molecule has 0 unspecified atom stereocenters. The minimum atomic E-state index is -0.468. The van der Waals surface area contributed by atoms with Crippen molar-refractivity contribution in [3.05, 3.63) is 28.0 Å². The predicted molar refractivity (Wildman–Crippen MR) is 45.6 cm³/mol. The van der Waals surface area contributed by atoms with E-state index in [0.717, 1.165) is 0 Å². The first-order valence-electron chi connectivity index (χ1n) is 2.95.